The molecule has 0 radical (unpaired) electrons. The van der Waals surface area contributed by atoms with Crippen molar-refractivity contribution < 1.29 is 14.7 Å². The Morgan fingerprint density at radius 3 is 2.22 bits per heavy atom. The molecule has 9 heavy (non-hydrogen) atoms. The molecule has 1 rings (SSSR count). The third kappa shape index (κ3) is 1.39. The standard InChI is InChI=1S/CH4N4O3P/c6-9(7,8)1-2-4-5-3-1/h6-8H,(H,2,3,4,5)/q+1. The summed E-state index contributed by atoms with van der Waals surface area (Å²) in [7, 11) is -4.04. The van der Waals surface area contributed by atoms with Gasteiger partial charge in [0.2, 0.25) is 0 Å². The molecule has 8 heteroatoms. The van der Waals surface area contributed by atoms with E-state index in [1.807, 2.05) is 5.21 Å². The van der Waals surface area contributed by atoms with E-state index in [1.165, 1.54) is 0 Å². The number of aromatic amines is 1. The van der Waals surface area contributed by atoms with Crippen LogP contribution in [0.4, 0.5) is 0 Å². The van der Waals surface area contributed by atoms with Gasteiger partial charge in [-0.2, -0.15) is 19.9 Å². The van der Waals surface area contributed by atoms with Crippen LogP contribution in [0.5, 0.6) is 0 Å². The van der Waals surface area contributed by atoms with E-state index in [0.717, 1.165) is 0 Å². The Balaban J connectivity index is 2.90. The molecule has 1 aromatic rings. The van der Waals surface area contributed by atoms with Gasteiger partial charge in [0.05, 0.1) is 0 Å². The maximum Gasteiger partial charge on any atom is 0.485 e. The summed E-state index contributed by atoms with van der Waals surface area (Å²) in [6, 6.07) is 0. The minimum atomic E-state index is -4.04. The minimum Gasteiger partial charge on any atom is -0.186 e. The fourth-order valence-electron chi connectivity index (χ4n) is 0.284. The number of nitrogens with zero attached hydrogens (tertiary/aromatic N) is 3. The summed E-state index contributed by atoms with van der Waals surface area (Å²) in [6.45, 7) is 0. The number of aromatic nitrogens is 4. The fraction of sp³-hybridized carbons (Fsp3) is 0. The first-order chi connectivity index (χ1) is 4.11. The highest BCUT2D eigenvalue weighted by atomic mass is 31.2. The first kappa shape index (κ1) is 6.50. The molecule has 0 aliphatic carbocycles. The van der Waals surface area contributed by atoms with Crippen LogP contribution in [0.25, 0.3) is 0 Å². The van der Waals surface area contributed by atoms with Crippen molar-refractivity contribution in [1.82, 2.24) is 20.6 Å². The molecule has 0 aromatic carbocycles. The van der Waals surface area contributed by atoms with Crippen LogP contribution in [0.3, 0.4) is 0 Å². The third-order valence-electron chi connectivity index (χ3n) is 0.602. The first-order valence-electron chi connectivity index (χ1n) is 1.92. The Bertz CT molecular complexity index is 178. The zero-order valence-electron chi connectivity index (χ0n) is 4.13. The molecule has 0 atom stereocenters. The molecule has 0 aliphatic heterocycles. The predicted octanol–water partition coefficient (Wildman–Crippen LogP) is -2.44. The maximum absolute atomic E-state index is 8.42. The Kier molecular flexibility index (Phi) is 1.42. The second-order valence-electron chi connectivity index (χ2n) is 1.28. The zero-order valence-corrected chi connectivity index (χ0v) is 5.02. The van der Waals surface area contributed by atoms with Crippen LogP contribution in [-0.4, -0.2) is 35.3 Å². The average Bonchev–Trinajstić information content (AvgIpc) is 2.08. The summed E-state index contributed by atoms with van der Waals surface area (Å²) in [5, 5.41) is 11.2. The lowest BCUT2D eigenvalue weighted by Crippen LogP contribution is -2.13. The summed E-state index contributed by atoms with van der Waals surface area (Å²) >= 11 is 0. The van der Waals surface area contributed by atoms with Crippen molar-refractivity contribution in [1.29, 1.82) is 0 Å². The second kappa shape index (κ2) is 1.96. The summed E-state index contributed by atoms with van der Waals surface area (Å²) < 4.78 is 0. The van der Waals surface area contributed by atoms with Gasteiger partial charge < -0.3 is 0 Å². The van der Waals surface area contributed by atoms with Crippen LogP contribution >= 0.6 is 7.94 Å². The number of H-pyrrole nitrogens is 1. The lowest BCUT2D eigenvalue weighted by atomic mass is 11.4. The highest BCUT2D eigenvalue weighted by Gasteiger charge is 2.40. The monoisotopic (exact) mass is 151 g/mol. The van der Waals surface area contributed by atoms with Gasteiger partial charge in [-0.25, -0.2) is 0 Å². The third-order valence-corrected chi connectivity index (χ3v) is 1.33. The zero-order chi connectivity index (χ0) is 6.91. The van der Waals surface area contributed by atoms with Crippen LogP contribution in [0.1, 0.15) is 0 Å². The first-order valence-corrected chi connectivity index (χ1v) is 3.57. The van der Waals surface area contributed by atoms with Gasteiger partial charge in [0.15, 0.2) is 0 Å². The minimum absolute atomic E-state index is 0.470. The lowest BCUT2D eigenvalue weighted by Gasteiger charge is -1.92. The molecule has 0 fully saturated rings. The van der Waals surface area contributed by atoms with E-state index in [0.29, 0.717) is 0 Å². The van der Waals surface area contributed by atoms with E-state index in [1.54, 1.807) is 0 Å². The molecule has 0 saturated heterocycles. The number of hydrogen-bond acceptors (Lipinski definition) is 6. The molecular weight excluding hydrogens is 147 g/mol. The van der Waals surface area contributed by atoms with E-state index in [2.05, 4.69) is 15.4 Å². The van der Waals surface area contributed by atoms with Crippen molar-refractivity contribution in [2.45, 2.75) is 0 Å². The molecule has 0 unspecified atom stereocenters. The normalized spacial score (nSPS) is 11.9. The maximum atomic E-state index is 8.42. The van der Waals surface area contributed by atoms with Crippen molar-refractivity contribution >= 4 is 13.5 Å². The SMILES string of the molecule is O[P+](O)(O)c1nn[nH]n1. The van der Waals surface area contributed by atoms with Gasteiger partial charge in [-0.15, -0.1) is 0 Å². The fourth-order valence-corrected chi connectivity index (χ4v) is 0.627. The van der Waals surface area contributed by atoms with Crippen molar-refractivity contribution in [3.05, 3.63) is 0 Å². The molecular formula is CH4N4O3P+. The molecule has 0 bridgehead atoms. The quantitative estimate of drug-likeness (QED) is 0.331. The lowest BCUT2D eigenvalue weighted by molar-refractivity contribution is 0.344. The highest BCUT2D eigenvalue weighted by molar-refractivity contribution is 7.66. The summed E-state index contributed by atoms with van der Waals surface area (Å²) in [5.74, 6) is 0. The van der Waals surface area contributed by atoms with Crippen molar-refractivity contribution in [2.75, 3.05) is 0 Å². The largest absolute Gasteiger partial charge is 0.485 e. The predicted molar refractivity (Wildman–Crippen MR) is 27.4 cm³/mol. The van der Waals surface area contributed by atoms with Gasteiger partial charge in [0.1, 0.15) is 0 Å². The Morgan fingerprint density at radius 2 is 2.00 bits per heavy atom. The second-order valence-corrected chi connectivity index (χ2v) is 2.82. The summed E-state index contributed by atoms with van der Waals surface area (Å²) in [5.41, 5.74) is -0.470. The molecule has 0 amide bonds. The van der Waals surface area contributed by atoms with E-state index in [-0.39, 0.29) is 0 Å². The summed E-state index contributed by atoms with van der Waals surface area (Å²) in [4.78, 5) is 25.2. The van der Waals surface area contributed by atoms with E-state index in [9.17, 15) is 0 Å². The molecule has 1 heterocycles. The van der Waals surface area contributed by atoms with Gasteiger partial charge in [-0.1, -0.05) is 10.2 Å². The van der Waals surface area contributed by atoms with Gasteiger partial charge in [0, 0.05) is 0 Å². The van der Waals surface area contributed by atoms with E-state index < -0.39 is 13.5 Å². The van der Waals surface area contributed by atoms with Crippen LogP contribution in [0.15, 0.2) is 0 Å². The number of tetrazole rings is 1. The van der Waals surface area contributed by atoms with E-state index in [4.69, 9.17) is 14.7 Å². The Hall–Kier alpha value is -0.620. The van der Waals surface area contributed by atoms with Crippen LogP contribution in [0, 0.1) is 0 Å². The van der Waals surface area contributed by atoms with Crippen LogP contribution in [0.2, 0.25) is 0 Å². The van der Waals surface area contributed by atoms with Crippen molar-refractivity contribution in [3.63, 3.8) is 0 Å². The van der Waals surface area contributed by atoms with E-state index >= 15 is 0 Å². The Morgan fingerprint density at radius 1 is 1.33 bits per heavy atom. The number of hydrogen-bond donors (Lipinski definition) is 4. The molecule has 0 saturated carbocycles. The van der Waals surface area contributed by atoms with Gasteiger partial charge >= 0.3 is 13.5 Å². The van der Waals surface area contributed by atoms with Gasteiger partial charge in [-0.05, 0) is 5.21 Å². The Labute approximate surface area is 49.9 Å². The molecule has 7 nitrogen and oxygen atoms in total. The number of rotatable bonds is 1. The van der Waals surface area contributed by atoms with Gasteiger partial charge in [0.25, 0.3) is 0 Å². The van der Waals surface area contributed by atoms with Crippen molar-refractivity contribution in [3.8, 4) is 0 Å². The molecule has 0 spiro atoms. The smallest absolute Gasteiger partial charge is 0.186 e. The van der Waals surface area contributed by atoms with Crippen molar-refractivity contribution in [2.24, 2.45) is 0 Å². The topological polar surface area (TPSA) is 115 Å². The van der Waals surface area contributed by atoms with Crippen LogP contribution < -0.4 is 5.57 Å². The summed E-state index contributed by atoms with van der Waals surface area (Å²) in [6.07, 6.45) is 0. The van der Waals surface area contributed by atoms with Gasteiger partial charge in [-0.3, -0.25) is 0 Å². The van der Waals surface area contributed by atoms with Crippen LogP contribution in [-0.2, 0) is 0 Å². The molecule has 4 N–H and O–H groups in total. The molecule has 0 aliphatic rings. The highest BCUT2D eigenvalue weighted by Crippen LogP contribution is 2.40. The average molecular weight is 151 g/mol. The molecule has 1 aromatic heterocycles. The number of nitrogens with one attached hydrogen (secondary N) is 1. The molecule has 50 valence electrons.